The van der Waals surface area contributed by atoms with E-state index in [2.05, 4.69) is 19.8 Å². The van der Waals surface area contributed by atoms with Crippen molar-refractivity contribution < 1.29 is 45.3 Å². The van der Waals surface area contributed by atoms with Gasteiger partial charge < -0.3 is 14.6 Å². The highest BCUT2D eigenvalue weighted by atomic mass is 19.4. The number of rotatable bonds is 10. The highest BCUT2D eigenvalue weighted by molar-refractivity contribution is 5.82. The molecule has 7 nitrogen and oxygen atoms in total. The van der Waals surface area contributed by atoms with Crippen LogP contribution in [0.4, 0.5) is 26.3 Å². The predicted molar refractivity (Wildman–Crippen MR) is 116 cm³/mol. The number of carbonyl (C=O) groups is 1. The Morgan fingerprint density at radius 3 is 2.14 bits per heavy atom. The van der Waals surface area contributed by atoms with Gasteiger partial charge in [0.15, 0.2) is 0 Å². The second-order valence-electron chi connectivity index (χ2n) is 11.4. The molecule has 0 saturated heterocycles. The number of hydrogen-bond donors (Lipinski definition) is 1. The number of imidazole rings is 1. The minimum absolute atomic E-state index is 0.0614. The summed E-state index contributed by atoms with van der Waals surface area (Å²) in [6.45, 7) is 3.73. The summed E-state index contributed by atoms with van der Waals surface area (Å²) >= 11 is 0. The van der Waals surface area contributed by atoms with Crippen LogP contribution in [0.3, 0.4) is 0 Å². The number of hydrogen-bond acceptors (Lipinski definition) is 5. The first-order valence-corrected chi connectivity index (χ1v) is 12.4. The van der Waals surface area contributed by atoms with Gasteiger partial charge in [0.05, 0.1) is 35.9 Å². The van der Waals surface area contributed by atoms with Gasteiger partial charge in [-0.05, 0) is 44.4 Å². The van der Waals surface area contributed by atoms with E-state index >= 15 is 0 Å². The number of ether oxygens (including phenoxy) is 3. The summed E-state index contributed by atoms with van der Waals surface area (Å²) in [7, 11) is 0. The van der Waals surface area contributed by atoms with Gasteiger partial charge in [-0.3, -0.25) is 14.3 Å². The van der Waals surface area contributed by atoms with Crippen LogP contribution in [-0.2, 0) is 24.5 Å². The van der Waals surface area contributed by atoms with Crippen LogP contribution in [-0.4, -0.2) is 58.1 Å². The third-order valence-corrected chi connectivity index (χ3v) is 7.95. The van der Waals surface area contributed by atoms with Crippen LogP contribution < -0.4 is 5.32 Å². The maximum Gasteiger partial charge on any atom is 0.522 e. The third kappa shape index (κ3) is 5.78. The largest absolute Gasteiger partial charge is 0.522 e. The van der Waals surface area contributed by atoms with Crippen molar-refractivity contribution in [3.05, 3.63) is 24.1 Å². The van der Waals surface area contributed by atoms with E-state index in [1.54, 1.807) is 6.33 Å². The first-order valence-electron chi connectivity index (χ1n) is 12.4. The Labute approximate surface area is 210 Å². The molecule has 1 heterocycles. The second-order valence-corrected chi connectivity index (χ2v) is 11.4. The predicted octanol–water partition coefficient (Wildman–Crippen LogP) is 4.87. The van der Waals surface area contributed by atoms with E-state index in [1.165, 1.54) is 0 Å². The van der Waals surface area contributed by atoms with Crippen molar-refractivity contribution in [2.75, 3.05) is 0 Å². The number of carbonyl (C=O) groups excluding carboxylic acids is 1. The van der Waals surface area contributed by atoms with Crippen molar-refractivity contribution in [3.63, 3.8) is 0 Å². The SMILES string of the molecule is C[C](C)CC(OC1CC(OC(F)(F)F)C1)C(=O)NC12CC(n3cnc(C4CC(OC(F)(F)F)C4)c3)(C1)C2. The summed E-state index contributed by atoms with van der Waals surface area (Å²) in [4.78, 5) is 17.4. The molecule has 5 saturated carbocycles. The lowest BCUT2D eigenvalue weighted by Crippen LogP contribution is -2.79. The molecule has 1 aromatic rings. The van der Waals surface area contributed by atoms with E-state index in [1.807, 2.05) is 24.6 Å². The molecule has 5 aliphatic carbocycles. The molecular weight excluding hydrogens is 508 g/mol. The van der Waals surface area contributed by atoms with Crippen molar-refractivity contribution in [2.45, 2.75) is 119 Å². The Morgan fingerprint density at radius 1 is 1.03 bits per heavy atom. The number of halogens is 6. The summed E-state index contributed by atoms with van der Waals surface area (Å²) in [5, 5.41) is 3.10. The highest BCUT2D eigenvalue weighted by Crippen LogP contribution is 2.65. The van der Waals surface area contributed by atoms with Crippen LogP contribution in [0.2, 0.25) is 0 Å². The van der Waals surface area contributed by atoms with Crippen LogP contribution in [0.15, 0.2) is 12.5 Å². The average Bonchev–Trinajstić information content (AvgIpc) is 3.10. The van der Waals surface area contributed by atoms with Gasteiger partial charge in [0.25, 0.3) is 0 Å². The summed E-state index contributed by atoms with van der Waals surface area (Å²) < 4.78 is 90.0. The smallest absolute Gasteiger partial charge is 0.365 e. The number of nitrogens with zero attached hydrogens (tertiary/aromatic N) is 2. The van der Waals surface area contributed by atoms with Crippen LogP contribution >= 0.6 is 0 Å². The molecule has 37 heavy (non-hydrogen) atoms. The lowest BCUT2D eigenvalue weighted by atomic mass is 9.44. The Kier molecular flexibility index (Phi) is 6.59. The highest BCUT2D eigenvalue weighted by Gasteiger charge is 2.70. The van der Waals surface area contributed by atoms with E-state index in [0.29, 0.717) is 25.7 Å². The normalized spacial score (nSPS) is 35.7. The molecule has 1 radical (unpaired) electrons. The number of alkyl halides is 6. The zero-order chi connectivity index (χ0) is 26.8. The first kappa shape index (κ1) is 26.7. The molecule has 2 bridgehead atoms. The Balaban J connectivity index is 1.09. The molecule has 207 valence electrons. The summed E-state index contributed by atoms with van der Waals surface area (Å²) in [6.07, 6.45) is -5.49. The van der Waals surface area contributed by atoms with Crippen molar-refractivity contribution in [2.24, 2.45) is 0 Å². The zero-order valence-corrected chi connectivity index (χ0v) is 20.5. The lowest BCUT2D eigenvalue weighted by molar-refractivity contribution is -0.358. The van der Waals surface area contributed by atoms with Crippen molar-refractivity contribution in [3.8, 4) is 0 Å². The maximum absolute atomic E-state index is 13.0. The van der Waals surface area contributed by atoms with E-state index in [4.69, 9.17) is 4.74 Å². The molecule has 5 fully saturated rings. The fourth-order valence-electron chi connectivity index (χ4n) is 6.10. The van der Waals surface area contributed by atoms with Gasteiger partial charge in [0, 0.05) is 30.5 Å². The molecule has 1 aromatic heterocycles. The molecule has 1 amide bonds. The van der Waals surface area contributed by atoms with Gasteiger partial charge in [0.2, 0.25) is 5.91 Å². The van der Waals surface area contributed by atoms with Gasteiger partial charge in [-0.2, -0.15) is 0 Å². The summed E-state index contributed by atoms with van der Waals surface area (Å²) in [5.74, 6) is 0.640. The van der Waals surface area contributed by atoms with Gasteiger partial charge >= 0.3 is 12.7 Å². The van der Waals surface area contributed by atoms with Crippen molar-refractivity contribution in [1.29, 1.82) is 0 Å². The second kappa shape index (κ2) is 9.11. The fourth-order valence-corrected chi connectivity index (χ4v) is 6.10. The first-order chi connectivity index (χ1) is 17.1. The Bertz CT molecular complexity index is 978. The number of aromatic nitrogens is 2. The molecular formula is C24H30F6N3O4. The lowest BCUT2D eigenvalue weighted by Gasteiger charge is -2.70. The maximum atomic E-state index is 13.0. The van der Waals surface area contributed by atoms with E-state index in [0.717, 1.165) is 11.6 Å². The average molecular weight is 539 g/mol. The van der Waals surface area contributed by atoms with Crippen molar-refractivity contribution >= 4 is 5.91 Å². The Morgan fingerprint density at radius 2 is 1.59 bits per heavy atom. The van der Waals surface area contributed by atoms with E-state index in [9.17, 15) is 31.1 Å². The van der Waals surface area contributed by atoms with Crippen LogP contribution in [0.1, 0.15) is 76.8 Å². The van der Waals surface area contributed by atoms with Gasteiger partial charge in [0.1, 0.15) is 6.10 Å². The molecule has 1 unspecified atom stereocenters. The quantitative estimate of drug-likeness (QED) is 0.431. The van der Waals surface area contributed by atoms with Crippen molar-refractivity contribution in [1.82, 2.24) is 14.9 Å². The fraction of sp³-hybridized carbons (Fsp3) is 0.792. The van der Waals surface area contributed by atoms with Gasteiger partial charge in [-0.15, -0.1) is 26.3 Å². The molecule has 0 aliphatic heterocycles. The minimum Gasteiger partial charge on any atom is -0.365 e. The molecule has 5 aliphatic rings. The Hall–Kier alpha value is -1.86. The molecule has 6 rings (SSSR count). The van der Waals surface area contributed by atoms with E-state index < -0.39 is 37.1 Å². The summed E-state index contributed by atoms with van der Waals surface area (Å²) in [5.41, 5.74) is 0.235. The molecule has 13 heteroatoms. The molecule has 1 N–H and O–H groups in total. The standard InChI is InChI=1S/C24H30F6N3O4/c1-13(2)3-19(35-15-6-17(7-15)37-24(28,29)30)20(34)32-21-9-22(10-21,11-21)33-8-18(31-12-33)14-4-16(5-14)36-23(25,26)27/h8,12,14-17,19H,3-7,9-11H2,1-2H3,(H,32,34). The van der Waals surface area contributed by atoms with Crippen LogP contribution in [0.5, 0.6) is 0 Å². The van der Waals surface area contributed by atoms with Gasteiger partial charge in [-0.25, -0.2) is 4.98 Å². The molecule has 0 spiro atoms. The topological polar surface area (TPSA) is 74.6 Å². The number of amides is 1. The monoisotopic (exact) mass is 538 g/mol. The van der Waals surface area contributed by atoms with Gasteiger partial charge in [-0.1, -0.05) is 13.8 Å². The summed E-state index contributed by atoms with van der Waals surface area (Å²) in [6, 6.07) is 0. The molecule has 1 atom stereocenters. The molecule has 0 aromatic carbocycles. The minimum atomic E-state index is -4.68. The van der Waals surface area contributed by atoms with Crippen LogP contribution in [0, 0.1) is 5.92 Å². The number of nitrogens with one attached hydrogen (secondary N) is 1. The third-order valence-electron chi connectivity index (χ3n) is 7.95. The zero-order valence-electron chi connectivity index (χ0n) is 20.5. The van der Waals surface area contributed by atoms with E-state index in [-0.39, 0.29) is 48.6 Å². The van der Waals surface area contributed by atoms with Crippen LogP contribution in [0.25, 0.3) is 0 Å².